The lowest BCUT2D eigenvalue weighted by atomic mass is 10.1. The van der Waals surface area contributed by atoms with Crippen molar-refractivity contribution in [3.05, 3.63) is 32.7 Å². The minimum absolute atomic E-state index is 0.0970. The van der Waals surface area contributed by atoms with E-state index < -0.39 is 0 Å². The van der Waals surface area contributed by atoms with Gasteiger partial charge in [-0.25, -0.2) is 0 Å². The average molecular weight is 377 g/mol. The molecule has 1 unspecified atom stereocenters. The Bertz CT molecular complexity index is 400. The summed E-state index contributed by atoms with van der Waals surface area (Å²) in [5.74, 6) is 0.629. The van der Waals surface area contributed by atoms with Gasteiger partial charge in [0.2, 0.25) is 0 Å². The summed E-state index contributed by atoms with van der Waals surface area (Å²) in [5, 5.41) is 0. The molecular weight excluding hydrogens is 358 g/mol. The first-order chi connectivity index (χ1) is 8.47. The summed E-state index contributed by atoms with van der Waals surface area (Å²) in [6.07, 6.45) is 1.09. The van der Waals surface area contributed by atoms with Gasteiger partial charge in [-0.2, -0.15) is 0 Å². The summed E-state index contributed by atoms with van der Waals surface area (Å²) in [4.78, 5) is 14.3. The van der Waals surface area contributed by atoms with Crippen LogP contribution in [0.4, 0.5) is 0 Å². The lowest BCUT2D eigenvalue weighted by Crippen LogP contribution is -2.34. The van der Waals surface area contributed by atoms with E-state index in [4.69, 9.17) is 0 Å². The monoisotopic (exact) mass is 375 g/mol. The minimum atomic E-state index is 0.0970. The number of benzene rings is 1. The maximum Gasteiger partial charge on any atom is 0.253 e. The summed E-state index contributed by atoms with van der Waals surface area (Å²) in [6.45, 7) is 7.90. The van der Waals surface area contributed by atoms with Gasteiger partial charge >= 0.3 is 0 Å². The molecule has 0 aromatic heterocycles. The van der Waals surface area contributed by atoms with Crippen LogP contribution in [0.5, 0.6) is 0 Å². The van der Waals surface area contributed by atoms with Gasteiger partial charge in [0.05, 0.1) is 0 Å². The predicted octanol–water partition coefficient (Wildman–Crippen LogP) is 4.72. The van der Waals surface area contributed by atoms with E-state index in [-0.39, 0.29) is 5.91 Å². The maximum absolute atomic E-state index is 12.4. The van der Waals surface area contributed by atoms with Crippen molar-refractivity contribution in [1.29, 1.82) is 0 Å². The molecule has 0 heterocycles. The smallest absolute Gasteiger partial charge is 0.253 e. The highest BCUT2D eigenvalue weighted by Gasteiger charge is 2.16. The molecule has 0 fully saturated rings. The van der Waals surface area contributed by atoms with E-state index >= 15 is 0 Å². The van der Waals surface area contributed by atoms with Crippen LogP contribution in [0.3, 0.4) is 0 Å². The van der Waals surface area contributed by atoms with Crippen molar-refractivity contribution in [3.63, 3.8) is 0 Å². The van der Waals surface area contributed by atoms with Gasteiger partial charge in [0.15, 0.2) is 0 Å². The zero-order valence-electron chi connectivity index (χ0n) is 11.0. The van der Waals surface area contributed by atoms with Crippen LogP contribution in [-0.2, 0) is 0 Å². The highest BCUT2D eigenvalue weighted by molar-refractivity contribution is 9.11. The van der Waals surface area contributed by atoms with Crippen LogP contribution in [0.1, 0.15) is 37.6 Å². The second kappa shape index (κ2) is 7.29. The fourth-order valence-corrected chi connectivity index (χ4v) is 3.01. The SMILES string of the molecule is CCC(C)CN(CC)C(=O)c1cc(Br)cc(Br)c1. The number of carbonyl (C=O) groups is 1. The molecule has 1 aromatic carbocycles. The molecule has 1 amide bonds. The molecule has 18 heavy (non-hydrogen) atoms. The molecule has 0 radical (unpaired) electrons. The molecule has 0 aliphatic heterocycles. The first kappa shape index (κ1) is 15.7. The lowest BCUT2D eigenvalue weighted by molar-refractivity contribution is 0.0740. The van der Waals surface area contributed by atoms with Crippen LogP contribution < -0.4 is 0 Å². The second-order valence-electron chi connectivity index (χ2n) is 4.52. The van der Waals surface area contributed by atoms with E-state index in [1.165, 1.54) is 0 Å². The van der Waals surface area contributed by atoms with Crippen molar-refractivity contribution in [2.75, 3.05) is 13.1 Å². The van der Waals surface area contributed by atoms with Crippen LogP contribution in [0.15, 0.2) is 27.1 Å². The third kappa shape index (κ3) is 4.39. The standard InChI is InChI=1S/C14H19Br2NO/c1-4-10(3)9-17(5-2)14(18)11-6-12(15)8-13(16)7-11/h6-8,10H,4-5,9H2,1-3H3. The van der Waals surface area contributed by atoms with Gasteiger partial charge in [0.25, 0.3) is 5.91 Å². The highest BCUT2D eigenvalue weighted by atomic mass is 79.9. The first-order valence-electron chi connectivity index (χ1n) is 6.23. The Labute approximate surface area is 126 Å². The molecule has 100 valence electrons. The van der Waals surface area contributed by atoms with Gasteiger partial charge < -0.3 is 4.90 Å². The van der Waals surface area contributed by atoms with E-state index in [2.05, 4.69) is 45.7 Å². The Morgan fingerprint density at radius 2 is 1.78 bits per heavy atom. The van der Waals surface area contributed by atoms with E-state index in [0.29, 0.717) is 5.92 Å². The number of hydrogen-bond donors (Lipinski definition) is 0. The van der Waals surface area contributed by atoms with E-state index in [1.54, 1.807) is 0 Å². The number of hydrogen-bond acceptors (Lipinski definition) is 1. The fourth-order valence-electron chi connectivity index (χ4n) is 1.72. The molecule has 1 atom stereocenters. The molecule has 2 nitrogen and oxygen atoms in total. The van der Waals surface area contributed by atoms with Gasteiger partial charge in [-0.3, -0.25) is 4.79 Å². The van der Waals surface area contributed by atoms with Crippen molar-refractivity contribution in [3.8, 4) is 0 Å². The summed E-state index contributed by atoms with van der Waals surface area (Å²) < 4.78 is 1.83. The van der Waals surface area contributed by atoms with Crippen molar-refractivity contribution in [2.24, 2.45) is 5.92 Å². The molecule has 0 spiro atoms. The highest BCUT2D eigenvalue weighted by Crippen LogP contribution is 2.21. The van der Waals surface area contributed by atoms with E-state index in [1.807, 2.05) is 30.0 Å². The Morgan fingerprint density at radius 1 is 1.22 bits per heavy atom. The minimum Gasteiger partial charge on any atom is -0.339 e. The Kier molecular flexibility index (Phi) is 6.36. The van der Waals surface area contributed by atoms with Crippen LogP contribution in [0.25, 0.3) is 0 Å². The molecule has 1 rings (SSSR count). The van der Waals surface area contributed by atoms with Gasteiger partial charge in [0, 0.05) is 27.6 Å². The Hall–Kier alpha value is -0.350. The van der Waals surface area contributed by atoms with Crippen molar-refractivity contribution >= 4 is 37.8 Å². The number of nitrogens with zero attached hydrogens (tertiary/aromatic N) is 1. The summed E-state index contributed by atoms with van der Waals surface area (Å²) >= 11 is 6.83. The number of halogens is 2. The van der Waals surface area contributed by atoms with E-state index in [0.717, 1.165) is 34.0 Å². The van der Waals surface area contributed by atoms with Gasteiger partial charge in [-0.1, -0.05) is 52.1 Å². The third-order valence-electron chi connectivity index (χ3n) is 3.01. The third-order valence-corrected chi connectivity index (χ3v) is 3.92. The van der Waals surface area contributed by atoms with E-state index in [9.17, 15) is 4.79 Å². The molecule has 0 saturated carbocycles. The summed E-state index contributed by atoms with van der Waals surface area (Å²) in [5.41, 5.74) is 0.724. The lowest BCUT2D eigenvalue weighted by Gasteiger charge is -2.24. The zero-order valence-corrected chi connectivity index (χ0v) is 14.2. The molecular formula is C14H19Br2NO. The molecule has 0 bridgehead atoms. The van der Waals surface area contributed by atoms with Crippen LogP contribution in [-0.4, -0.2) is 23.9 Å². The predicted molar refractivity (Wildman–Crippen MR) is 82.9 cm³/mol. The van der Waals surface area contributed by atoms with Gasteiger partial charge in [-0.05, 0) is 31.0 Å². The van der Waals surface area contributed by atoms with Crippen molar-refractivity contribution in [2.45, 2.75) is 27.2 Å². The summed E-state index contributed by atoms with van der Waals surface area (Å²) in [7, 11) is 0. The largest absolute Gasteiger partial charge is 0.339 e. The first-order valence-corrected chi connectivity index (χ1v) is 7.81. The fraction of sp³-hybridized carbons (Fsp3) is 0.500. The number of rotatable bonds is 5. The number of carbonyl (C=O) groups excluding carboxylic acids is 1. The quantitative estimate of drug-likeness (QED) is 0.727. The second-order valence-corrected chi connectivity index (χ2v) is 6.35. The summed E-state index contributed by atoms with van der Waals surface area (Å²) in [6, 6.07) is 5.67. The number of amides is 1. The van der Waals surface area contributed by atoms with Crippen LogP contribution in [0.2, 0.25) is 0 Å². The average Bonchev–Trinajstić information content (AvgIpc) is 2.33. The topological polar surface area (TPSA) is 20.3 Å². The van der Waals surface area contributed by atoms with Gasteiger partial charge in [-0.15, -0.1) is 0 Å². The van der Waals surface area contributed by atoms with Crippen molar-refractivity contribution in [1.82, 2.24) is 4.90 Å². The normalized spacial score (nSPS) is 12.3. The van der Waals surface area contributed by atoms with Crippen LogP contribution in [0, 0.1) is 5.92 Å². The molecule has 0 aliphatic rings. The zero-order chi connectivity index (χ0) is 13.7. The molecule has 0 aliphatic carbocycles. The molecule has 0 N–H and O–H groups in total. The van der Waals surface area contributed by atoms with Gasteiger partial charge in [0.1, 0.15) is 0 Å². The maximum atomic E-state index is 12.4. The van der Waals surface area contributed by atoms with Crippen LogP contribution >= 0.6 is 31.9 Å². The Morgan fingerprint density at radius 3 is 2.22 bits per heavy atom. The Balaban J connectivity index is 2.89. The molecule has 4 heteroatoms. The molecule has 0 saturated heterocycles. The molecule has 1 aromatic rings. The van der Waals surface area contributed by atoms with Crippen molar-refractivity contribution < 1.29 is 4.79 Å².